The van der Waals surface area contributed by atoms with E-state index in [2.05, 4.69) is 79.3 Å². The van der Waals surface area contributed by atoms with Gasteiger partial charge in [0.15, 0.2) is 5.43 Å². The summed E-state index contributed by atoms with van der Waals surface area (Å²) in [6.45, 7) is 11.0. The summed E-state index contributed by atoms with van der Waals surface area (Å²) in [7, 11) is 2.21. The standard InChI is InChI=1S/C29H33BrN6O/c1-18(2)36-25-16-26(35-8-6-20(7-9-35)34-12-10-33(3)11-13-34)23(30)15-22(25)27-28(37)21-5-4-19(17-31)14-24(21)32-29(27)36/h4-5,14-16,18,20H,6-13H2,1-3H3,(H,32,37). The number of nitriles is 1. The zero-order valence-corrected chi connectivity index (χ0v) is 23.3. The predicted molar refractivity (Wildman–Crippen MR) is 155 cm³/mol. The van der Waals surface area contributed by atoms with Gasteiger partial charge in [-0.05, 0) is 80.0 Å². The molecule has 0 unspecified atom stereocenters. The van der Waals surface area contributed by atoms with Gasteiger partial charge in [0.2, 0.25) is 0 Å². The molecule has 37 heavy (non-hydrogen) atoms. The zero-order chi connectivity index (χ0) is 25.8. The summed E-state index contributed by atoms with van der Waals surface area (Å²) < 4.78 is 3.26. The van der Waals surface area contributed by atoms with E-state index < -0.39 is 0 Å². The summed E-state index contributed by atoms with van der Waals surface area (Å²) in [5.74, 6) is 0. The second-order valence-corrected chi connectivity index (χ2v) is 11.7. The van der Waals surface area contributed by atoms with E-state index in [1.165, 1.54) is 31.6 Å². The average molecular weight is 562 g/mol. The van der Waals surface area contributed by atoms with Crippen LogP contribution < -0.4 is 10.3 Å². The van der Waals surface area contributed by atoms with Crippen molar-refractivity contribution in [1.29, 1.82) is 5.26 Å². The lowest BCUT2D eigenvalue weighted by molar-refractivity contribution is 0.0982. The Kier molecular flexibility index (Phi) is 6.26. The van der Waals surface area contributed by atoms with Crippen LogP contribution in [0.1, 0.15) is 38.3 Å². The largest absolute Gasteiger partial charge is 0.370 e. The third-order valence-corrected chi connectivity index (χ3v) is 8.96. The number of hydrogen-bond acceptors (Lipinski definition) is 5. The van der Waals surface area contributed by atoms with Crippen molar-refractivity contribution < 1.29 is 0 Å². The van der Waals surface area contributed by atoms with Gasteiger partial charge in [0.1, 0.15) is 5.65 Å². The number of aromatic amines is 1. The molecule has 192 valence electrons. The van der Waals surface area contributed by atoms with E-state index in [1.54, 1.807) is 18.2 Å². The summed E-state index contributed by atoms with van der Waals surface area (Å²) in [5.41, 5.74) is 4.32. The van der Waals surface area contributed by atoms with Crippen LogP contribution in [-0.2, 0) is 0 Å². The molecule has 0 radical (unpaired) electrons. The van der Waals surface area contributed by atoms with Crippen molar-refractivity contribution >= 4 is 54.5 Å². The number of nitrogens with zero attached hydrogens (tertiary/aromatic N) is 5. The Morgan fingerprint density at radius 1 is 1.03 bits per heavy atom. The number of anilines is 1. The first-order chi connectivity index (χ1) is 17.9. The smallest absolute Gasteiger partial charge is 0.199 e. The van der Waals surface area contributed by atoms with Crippen LogP contribution in [0, 0.1) is 11.3 Å². The van der Waals surface area contributed by atoms with Crippen LogP contribution in [0.25, 0.3) is 32.8 Å². The monoisotopic (exact) mass is 560 g/mol. The molecular weight excluding hydrogens is 528 g/mol. The minimum absolute atomic E-state index is 0.00489. The number of hydrogen-bond donors (Lipinski definition) is 1. The average Bonchev–Trinajstić information content (AvgIpc) is 3.21. The van der Waals surface area contributed by atoms with Gasteiger partial charge in [-0.15, -0.1) is 0 Å². The lowest BCUT2D eigenvalue weighted by atomic mass is 10.0. The summed E-state index contributed by atoms with van der Waals surface area (Å²) in [4.78, 5) is 24.8. The number of halogens is 1. The van der Waals surface area contributed by atoms with Gasteiger partial charge in [-0.1, -0.05) is 0 Å². The molecule has 0 atom stereocenters. The van der Waals surface area contributed by atoms with E-state index in [1.807, 2.05) is 0 Å². The van der Waals surface area contributed by atoms with Gasteiger partial charge in [0.25, 0.3) is 0 Å². The first-order valence-corrected chi connectivity index (χ1v) is 14.1. The third-order valence-electron chi connectivity index (χ3n) is 8.32. The molecule has 1 N–H and O–H groups in total. The lowest BCUT2D eigenvalue weighted by Crippen LogP contribution is -2.52. The fourth-order valence-electron chi connectivity index (χ4n) is 6.29. The Labute approximate surface area is 225 Å². The predicted octanol–water partition coefficient (Wildman–Crippen LogP) is 5.07. The highest BCUT2D eigenvalue weighted by Crippen LogP contribution is 2.38. The van der Waals surface area contributed by atoms with Crippen LogP contribution in [0.2, 0.25) is 0 Å². The fraction of sp³-hybridized carbons (Fsp3) is 0.448. The van der Waals surface area contributed by atoms with E-state index >= 15 is 0 Å². The van der Waals surface area contributed by atoms with Crippen molar-refractivity contribution in [2.75, 3.05) is 51.2 Å². The number of aromatic nitrogens is 2. The number of pyridine rings is 1. The number of piperazine rings is 1. The van der Waals surface area contributed by atoms with E-state index in [9.17, 15) is 10.1 Å². The van der Waals surface area contributed by atoms with Crippen molar-refractivity contribution in [3.8, 4) is 6.07 Å². The zero-order valence-electron chi connectivity index (χ0n) is 21.7. The molecule has 7 nitrogen and oxygen atoms in total. The molecule has 2 saturated heterocycles. The summed E-state index contributed by atoms with van der Waals surface area (Å²) in [6.07, 6.45) is 2.35. The summed E-state index contributed by atoms with van der Waals surface area (Å²) >= 11 is 3.86. The third kappa shape index (κ3) is 4.14. The number of nitrogens with one attached hydrogen (secondary N) is 1. The van der Waals surface area contributed by atoms with Gasteiger partial charge < -0.3 is 19.4 Å². The highest BCUT2D eigenvalue weighted by Gasteiger charge is 2.28. The molecular formula is C29H33BrN6O. The van der Waals surface area contributed by atoms with Gasteiger partial charge in [-0.3, -0.25) is 9.69 Å². The molecule has 2 aliphatic rings. The molecule has 6 rings (SSSR count). The van der Waals surface area contributed by atoms with Crippen molar-refractivity contribution in [3.63, 3.8) is 0 Å². The Morgan fingerprint density at radius 3 is 2.43 bits per heavy atom. The number of fused-ring (bicyclic) bond motifs is 4. The van der Waals surface area contributed by atoms with E-state index in [0.29, 0.717) is 27.9 Å². The molecule has 2 aliphatic heterocycles. The van der Waals surface area contributed by atoms with Crippen molar-refractivity contribution in [3.05, 3.63) is 50.6 Å². The first-order valence-electron chi connectivity index (χ1n) is 13.3. The molecule has 0 spiro atoms. The highest BCUT2D eigenvalue weighted by atomic mass is 79.9. The summed E-state index contributed by atoms with van der Waals surface area (Å²) in [5, 5.41) is 11.6. The topological polar surface area (TPSA) is 71.3 Å². The lowest BCUT2D eigenvalue weighted by Gasteiger charge is -2.42. The number of piperidine rings is 1. The minimum Gasteiger partial charge on any atom is -0.370 e. The molecule has 0 aliphatic carbocycles. The molecule has 0 amide bonds. The summed E-state index contributed by atoms with van der Waals surface area (Å²) in [6, 6.07) is 12.6. The van der Waals surface area contributed by atoms with Crippen LogP contribution in [0.4, 0.5) is 5.69 Å². The quantitative estimate of drug-likeness (QED) is 0.379. The van der Waals surface area contributed by atoms with Gasteiger partial charge >= 0.3 is 0 Å². The van der Waals surface area contributed by atoms with Crippen molar-refractivity contribution in [2.24, 2.45) is 0 Å². The second kappa shape index (κ2) is 9.46. The van der Waals surface area contributed by atoms with Gasteiger partial charge in [-0.2, -0.15) is 5.26 Å². The van der Waals surface area contributed by atoms with Crippen LogP contribution in [0.15, 0.2) is 39.6 Å². The number of H-pyrrole nitrogens is 1. The Morgan fingerprint density at radius 2 is 1.76 bits per heavy atom. The highest BCUT2D eigenvalue weighted by molar-refractivity contribution is 9.10. The normalized spacial score (nSPS) is 18.4. The van der Waals surface area contributed by atoms with E-state index in [4.69, 9.17) is 0 Å². The molecule has 2 aromatic heterocycles. The van der Waals surface area contributed by atoms with Crippen molar-refractivity contribution in [2.45, 2.75) is 38.8 Å². The van der Waals surface area contributed by atoms with Gasteiger partial charge in [-0.25, -0.2) is 0 Å². The van der Waals surface area contributed by atoms with Gasteiger partial charge in [0.05, 0.1) is 33.7 Å². The maximum absolute atomic E-state index is 13.7. The van der Waals surface area contributed by atoms with E-state index in [0.717, 1.165) is 47.2 Å². The van der Waals surface area contributed by atoms with E-state index in [-0.39, 0.29) is 11.5 Å². The van der Waals surface area contributed by atoms with Crippen LogP contribution in [-0.4, -0.2) is 71.7 Å². The maximum atomic E-state index is 13.7. The first kappa shape index (κ1) is 24.5. The molecule has 2 aromatic carbocycles. The Bertz CT molecular complexity index is 1600. The van der Waals surface area contributed by atoms with Crippen molar-refractivity contribution in [1.82, 2.24) is 19.4 Å². The number of likely N-dealkylation sites (N-methyl/N-ethyl adjacent to an activating group) is 1. The SMILES string of the molecule is CC(C)n1c2cc(N3CCC(N4CCN(C)CC4)CC3)c(Br)cc2c2c(=O)c3ccc(C#N)cc3[nH]c21. The van der Waals surface area contributed by atoms with Gasteiger partial charge in [0, 0.05) is 66.6 Å². The number of benzene rings is 2. The molecule has 4 aromatic rings. The second-order valence-electron chi connectivity index (χ2n) is 10.9. The van der Waals surface area contributed by atoms with Crippen LogP contribution >= 0.6 is 15.9 Å². The Balaban J connectivity index is 1.41. The molecule has 4 heterocycles. The molecule has 0 saturated carbocycles. The maximum Gasteiger partial charge on any atom is 0.199 e. The Hall–Kier alpha value is -2.86. The molecule has 8 heteroatoms. The molecule has 0 bridgehead atoms. The molecule has 2 fully saturated rings. The number of rotatable bonds is 3. The fourth-order valence-corrected chi connectivity index (χ4v) is 6.88. The van der Waals surface area contributed by atoms with Crippen LogP contribution in [0.5, 0.6) is 0 Å². The van der Waals surface area contributed by atoms with Crippen LogP contribution in [0.3, 0.4) is 0 Å². The minimum atomic E-state index is 0.00489.